The lowest BCUT2D eigenvalue weighted by atomic mass is 10.1. The number of nitrogens with one attached hydrogen (secondary N) is 2. The van der Waals surface area contributed by atoms with Gasteiger partial charge in [0.25, 0.3) is 0 Å². The highest BCUT2D eigenvalue weighted by Crippen LogP contribution is 2.23. The predicted molar refractivity (Wildman–Crippen MR) is 111 cm³/mol. The SMILES string of the molecule is Cc1ccc(CNC(=O)C(C)Sc2nc(Cc3ccccc3)c(C)[nH]2)cc1. The van der Waals surface area contributed by atoms with Gasteiger partial charge in [0, 0.05) is 18.7 Å². The molecule has 1 aromatic heterocycles. The van der Waals surface area contributed by atoms with E-state index >= 15 is 0 Å². The molecular formula is C22H25N3OS. The largest absolute Gasteiger partial charge is 0.351 e. The Hall–Kier alpha value is -2.53. The highest BCUT2D eigenvalue weighted by atomic mass is 32.2. The Morgan fingerprint density at radius 3 is 2.48 bits per heavy atom. The van der Waals surface area contributed by atoms with E-state index in [1.165, 1.54) is 22.9 Å². The fraction of sp³-hybridized carbons (Fsp3) is 0.273. The molecular weight excluding hydrogens is 354 g/mol. The standard InChI is InChI=1S/C22H25N3OS/c1-15-9-11-19(12-10-15)14-23-21(26)17(3)27-22-24-16(2)20(25-22)13-18-7-5-4-6-8-18/h4-12,17H,13-14H2,1-3H3,(H,23,26)(H,24,25). The van der Waals surface area contributed by atoms with Crippen molar-refractivity contribution in [1.82, 2.24) is 15.3 Å². The number of benzene rings is 2. The Labute approximate surface area is 164 Å². The molecule has 4 nitrogen and oxygen atoms in total. The van der Waals surface area contributed by atoms with Crippen molar-refractivity contribution in [2.75, 3.05) is 0 Å². The minimum Gasteiger partial charge on any atom is -0.351 e. The van der Waals surface area contributed by atoms with E-state index in [1.54, 1.807) is 0 Å². The summed E-state index contributed by atoms with van der Waals surface area (Å²) in [7, 11) is 0. The number of amides is 1. The van der Waals surface area contributed by atoms with Crippen LogP contribution in [0.15, 0.2) is 59.8 Å². The van der Waals surface area contributed by atoms with Crippen LogP contribution in [0.2, 0.25) is 0 Å². The molecule has 0 aliphatic rings. The summed E-state index contributed by atoms with van der Waals surface area (Å²) >= 11 is 1.46. The van der Waals surface area contributed by atoms with Crippen LogP contribution >= 0.6 is 11.8 Å². The predicted octanol–water partition coefficient (Wildman–Crippen LogP) is 4.41. The second-order valence-corrected chi connectivity index (χ2v) is 8.07. The van der Waals surface area contributed by atoms with Crippen molar-refractivity contribution in [1.29, 1.82) is 0 Å². The van der Waals surface area contributed by atoms with Crippen molar-refractivity contribution < 1.29 is 4.79 Å². The summed E-state index contributed by atoms with van der Waals surface area (Å²) in [5, 5.41) is 3.57. The molecule has 1 heterocycles. The quantitative estimate of drug-likeness (QED) is 0.598. The average Bonchev–Trinajstić information content (AvgIpc) is 3.00. The number of carbonyl (C=O) groups excluding carboxylic acids is 1. The first kappa shape index (κ1) is 19.2. The molecule has 3 rings (SSSR count). The first-order chi connectivity index (χ1) is 13.0. The topological polar surface area (TPSA) is 57.8 Å². The van der Waals surface area contributed by atoms with E-state index in [0.717, 1.165) is 28.5 Å². The van der Waals surface area contributed by atoms with Crippen LogP contribution < -0.4 is 5.32 Å². The van der Waals surface area contributed by atoms with Gasteiger partial charge in [0.05, 0.1) is 10.9 Å². The van der Waals surface area contributed by atoms with Crippen molar-refractivity contribution >= 4 is 17.7 Å². The Bertz CT molecular complexity index is 888. The molecule has 0 radical (unpaired) electrons. The molecule has 3 aromatic rings. The van der Waals surface area contributed by atoms with Gasteiger partial charge in [-0.1, -0.05) is 71.9 Å². The molecule has 0 bridgehead atoms. The number of thioether (sulfide) groups is 1. The monoisotopic (exact) mass is 379 g/mol. The highest BCUT2D eigenvalue weighted by molar-refractivity contribution is 8.00. The third-order valence-corrected chi connectivity index (χ3v) is 5.41. The summed E-state index contributed by atoms with van der Waals surface area (Å²) in [5.41, 5.74) is 5.62. The van der Waals surface area contributed by atoms with Crippen molar-refractivity contribution in [3.05, 3.63) is 82.7 Å². The van der Waals surface area contributed by atoms with E-state index in [4.69, 9.17) is 0 Å². The number of H-pyrrole nitrogens is 1. The van der Waals surface area contributed by atoms with E-state index in [1.807, 2.05) is 44.2 Å². The molecule has 0 saturated carbocycles. The lowest BCUT2D eigenvalue weighted by Gasteiger charge is -2.10. The number of aryl methyl sites for hydroxylation is 2. The van der Waals surface area contributed by atoms with Crippen molar-refractivity contribution in [3.63, 3.8) is 0 Å². The molecule has 0 saturated heterocycles. The van der Waals surface area contributed by atoms with E-state index in [2.05, 4.69) is 46.5 Å². The molecule has 5 heteroatoms. The number of carbonyl (C=O) groups is 1. The van der Waals surface area contributed by atoms with Crippen LogP contribution in [0.3, 0.4) is 0 Å². The summed E-state index contributed by atoms with van der Waals surface area (Å²) in [5.74, 6) is 0.0132. The highest BCUT2D eigenvalue weighted by Gasteiger charge is 2.17. The van der Waals surface area contributed by atoms with Crippen molar-refractivity contribution in [3.8, 4) is 0 Å². The van der Waals surface area contributed by atoms with Gasteiger partial charge in [-0.15, -0.1) is 0 Å². The molecule has 2 aromatic carbocycles. The zero-order valence-corrected chi connectivity index (χ0v) is 16.8. The van der Waals surface area contributed by atoms with Gasteiger partial charge in [-0.05, 0) is 31.9 Å². The Morgan fingerprint density at radius 1 is 1.07 bits per heavy atom. The maximum atomic E-state index is 12.4. The van der Waals surface area contributed by atoms with Gasteiger partial charge in [-0.3, -0.25) is 4.79 Å². The molecule has 1 unspecified atom stereocenters. The lowest BCUT2D eigenvalue weighted by Crippen LogP contribution is -2.30. The molecule has 0 fully saturated rings. The molecule has 1 atom stereocenters. The molecule has 0 aliphatic carbocycles. The van der Waals surface area contributed by atoms with E-state index in [0.29, 0.717) is 6.54 Å². The number of aromatic amines is 1. The first-order valence-corrected chi connectivity index (χ1v) is 9.98. The first-order valence-electron chi connectivity index (χ1n) is 9.10. The van der Waals surface area contributed by atoms with Gasteiger partial charge in [0.2, 0.25) is 5.91 Å². The van der Waals surface area contributed by atoms with Crippen LogP contribution in [-0.4, -0.2) is 21.1 Å². The lowest BCUT2D eigenvalue weighted by molar-refractivity contribution is -0.120. The average molecular weight is 380 g/mol. The van der Waals surface area contributed by atoms with Crippen LogP contribution in [0.1, 0.15) is 35.0 Å². The molecule has 1 amide bonds. The summed E-state index contributed by atoms with van der Waals surface area (Å²) < 4.78 is 0. The molecule has 27 heavy (non-hydrogen) atoms. The van der Waals surface area contributed by atoms with Gasteiger partial charge < -0.3 is 10.3 Å². The Balaban J connectivity index is 1.55. The van der Waals surface area contributed by atoms with Crippen LogP contribution in [0, 0.1) is 13.8 Å². The number of rotatable bonds is 7. The van der Waals surface area contributed by atoms with Gasteiger partial charge in [0.1, 0.15) is 0 Å². The second-order valence-electron chi connectivity index (χ2n) is 6.74. The van der Waals surface area contributed by atoms with E-state index < -0.39 is 0 Å². The normalized spacial score (nSPS) is 12.0. The third-order valence-electron chi connectivity index (χ3n) is 4.42. The zero-order valence-electron chi connectivity index (χ0n) is 16.0. The fourth-order valence-electron chi connectivity index (χ4n) is 2.74. The molecule has 0 spiro atoms. The van der Waals surface area contributed by atoms with Crippen LogP contribution in [0.25, 0.3) is 0 Å². The summed E-state index contributed by atoms with van der Waals surface area (Å²) in [4.78, 5) is 20.4. The maximum absolute atomic E-state index is 12.4. The van der Waals surface area contributed by atoms with Gasteiger partial charge in [-0.2, -0.15) is 0 Å². The number of hydrogen-bond acceptors (Lipinski definition) is 3. The smallest absolute Gasteiger partial charge is 0.233 e. The van der Waals surface area contributed by atoms with E-state index in [-0.39, 0.29) is 11.2 Å². The fourth-order valence-corrected chi connectivity index (χ4v) is 3.64. The minimum absolute atomic E-state index is 0.0132. The van der Waals surface area contributed by atoms with Crippen LogP contribution in [0.4, 0.5) is 0 Å². The van der Waals surface area contributed by atoms with Crippen LogP contribution in [0.5, 0.6) is 0 Å². The Morgan fingerprint density at radius 2 is 1.78 bits per heavy atom. The van der Waals surface area contributed by atoms with E-state index in [9.17, 15) is 4.79 Å². The summed E-state index contributed by atoms with van der Waals surface area (Å²) in [6.45, 7) is 6.53. The molecule has 140 valence electrons. The summed E-state index contributed by atoms with van der Waals surface area (Å²) in [6, 6.07) is 18.5. The van der Waals surface area contributed by atoms with Gasteiger partial charge in [0.15, 0.2) is 5.16 Å². The van der Waals surface area contributed by atoms with Gasteiger partial charge in [-0.25, -0.2) is 4.98 Å². The van der Waals surface area contributed by atoms with Crippen molar-refractivity contribution in [2.45, 2.75) is 44.1 Å². The molecule has 2 N–H and O–H groups in total. The number of hydrogen-bond donors (Lipinski definition) is 2. The second kappa shape index (κ2) is 8.91. The number of imidazole rings is 1. The number of nitrogens with zero attached hydrogens (tertiary/aromatic N) is 1. The zero-order chi connectivity index (χ0) is 19.2. The summed E-state index contributed by atoms with van der Waals surface area (Å²) in [6.07, 6.45) is 0.789. The maximum Gasteiger partial charge on any atom is 0.233 e. The molecule has 0 aliphatic heterocycles. The third kappa shape index (κ3) is 5.47. The van der Waals surface area contributed by atoms with Crippen LogP contribution in [-0.2, 0) is 17.8 Å². The minimum atomic E-state index is -0.217. The van der Waals surface area contributed by atoms with Gasteiger partial charge >= 0.3 is 0 Å². The number of aromatic nitrogens is 2. The Kier molecular flexibility index (Phi) is 6.35. The van der Waals surface area contributed by atoms with Crippen molar-refractivity contribution in [2.24, 2.45) is 0 Å².